The summed E-state index contributed by atoms with van der Waals surface area (Å²) in [4.78, 5) is 21.6. The Kier molecular flexibility index (Phi) is 6.45. The summed E-state index contributed by atoms with van der Waals surface area (Å²) in [7, 11) is 1.98. The lowest BCUT2D eigenvalue weighted by molar-refractivity contribution is 0.0688. The Bertz CT molecular complexity index is 470. The Labute approximate surface area is 132 Å². The number of carbonyl (C=O) groups excluding carboxylic acids is 1. The zero-order chi connectivity index (χ0) is 16.2. The summed E-state index contributed by atoms with van der Waals surface area (Å²) in [5.74, 6) is 0.759. The van der Waals surface area contributed by atoms with E-state index in [1.165, 1.54) is 11.3 Å². The molecule has 0 aliphatic rings. The monoisotopic (exact) mass is 312 g/mol. The van der Waals surface area contributed by atoms with E-state index in [0.717, 1.165) is 24.6 Å². The fourth-order valence-electron chi connectivity index (χ4n) is 2.12. The van der Waals surface area contributed by atoms with Crippen molar-refractivity contribution >= 4 is 28.2 Å². The van der Waals surface area contributed by atoms with E-state index in [-0.39, 0.29) is 11.9 Å². The number of carbonyl (C=O) groups is 1. The van der Waals surface area contributed by atoms with E-state index < -0.39 is 0 Å². The Morgan fingerprint density at radius 1 is 1.33 bits per heavy atom. The number of nitrogen functional groups attached to an aromatic ring is 1. The number of hydrogen-bond donors (Lipinski definition) is 1. The minimum absolute atomic E-state index is 0.00940. The lowest BCUT2D eigenvalue weighted by Crippen LogP contribution is -2.39. The van der Waals surface area contributed by atoms with Gasteiger partial charge in [-0.15, -0.1) is 0 Å². The maximum atomic E-state index is 12.7. The first kappa shape index (κ1) is 17.8. The van der Waals surface area contributed by atoms with Crippen molar-refractivity contribution in [2.24, 2.45) is 5.92 Å². The standard InChI is InChI=1S/C15H28N4OS/c1-7-8-18(6)15-17-13(16)12(21-15)14(20)19(11(4)5)9-10(2)3/h10-11H,7-9,16H2,1-6H3. The zero-order valence-electron chi connectivity index (χ0n) is 14.0. The molecule has 0 atom stereocenters. The summed E-state index contributed by atoms with van der Waals surface area (Å²) in [6, 6.07) is 0.151. The van der Waals surface area contributed by atoms with Gasteiger partial charge in [-0.2, -0.15) is 0 Å². The molecule has 1 aromatic rings. The van der Waals surface area contributed by atoms with Crippen LogP contribution in [-0.4, -0.2) is 42.0 Å². The highest BCUT2D eigenvalue weighted by Gasteiger charge is 2.25. The maximum absolute atomic E-state index is 12.7. The number of anilines is 2. The van der Waals surface area contributed by atoms with E-state index >= 15 is 0 Å². The van der Waals surface area contributed by atoms with Crippen LogP contribution in [0.5, 0.6) is 0 Å². The molecule has 1 amide bonds. The third-order valence-electron chi connectivity index (χ3n) is 3.17. The average molecular weight is 312 g/mol. The number of nitrogens with two attached hydrogens (primary N) is 1. The minimum atomic E-state index is -0.00940. The van der Waals surface area contributed by atoms with Gasteiger partial charge < -0.3 is 15.5 Å². The Morgan fingerprint density at radius 3 is 2.43 bits per heavy atom. The predicted octanol–water partition coefficient (Wildman–Crippen LogP) is 3.08. The van der Waals surface area contributed by atoms with Crippen LogP contribution in [-0.2, 0) is 0 Å². The van der Waals surface area contributed by atoms with Crippen LogP contribution in [0.2, 0.25) is 0 Å². The molecule has 0 aromatic carbocycles. The Morgan fingerprint density at radius 2 is 1.95 bits per heavy atom. The van der Waals surface area contributed by atoms with Gasteiger partial charge >= 0.3 is 0 Å². The largest absolute Gasteiger partial charge is 0.382 e. The topological polar surface area (TPSA) is 62.5 Å². The first-order valence-electron chi connectivity index (χ1n) is 7.56. The van der Waals surface area contributed by atoms with Crippen molar-refractivity contribution in [1.82, 2.24) is 9.88 Å². The van der Waals surface area contributed by atoms with Crippen LogP contribution in [0.25, 0.3) is 0 Å². The van der Waals surface area contributed by atoms with E-state index in [1.807, 2.05) is 30.7 Å². The molecule has 6 heteroatoms. The number of aromatic nitrogens is 1. The number of thiazole rings is 1. The Hall–Kier alpha value is -1.30. The van der Waals surface area contributed by atoms with E-state index in [9.17, 15) is 4.79 Å². The van der Waals surface area contributed by atoms with Crippen molar-refractivity contribution in [3.8, 4) is 0 Å². The molecule has 0 aliphatic carbocycles. The van der Waals surface area contributed by atoms with Gasteiger partial charge in [0, 0.05) is 26.2 Å². The fourth-order valence-corrected chi connectivity index (χ4v) is 3.05. The van der Waals surface area contributed by atoms with Crippen LogP contribution >= 0.6 is 11.3 Å². The molecular weight excluding hydrogens is 284 g/mol. The van der Waals surface area contributed by atoms with Crippen LogP contribution in [0.3, 0.4) is 0 Å². The number of nitrogens with zero attached hydrogens (tertiary/aromatic N) is 3. The molecule has 0 bridgehead atoms. The van der Waals surface area contributed by atoms with Crippen LogP contribution < -0.4 is 10.6 Å². The zero-order valence-corrected chi connectivity index (χ0v) is 14.8. The van der Waals surface area contributed by atoms with Crippen LogP contribution in [0.1, 0.15) is 50.7 Å². The highest BCUT2D eigenvalue weighted by Crippen LogP contribution is 2.29. The summed E-state index contributed by atoms with van der Waals surface area (Å²) in [5, 5.41) is 0.811. The normalized spacial score (nSPS) is 11.2. The van der Waals surface area contributed by atoms with Crippen molar-refractivity contribution < 1.29 is 4.79 Å². The van der Waals surface area contributed by atoms with Crippen molar-refractivity contribution in [1.29, 1.82) is 0 Å². The van der Waals surface area contributed by atoms with Gasteiger partial charge in [0.1, 0.15) is 10.7 Å². The summed E-state index contributed by atoms with van der Waals surface area (Å²) in [6.07, 6.45) is 1.03. The van der Waals surface area contributed by atoms with Crippen molar-refractivity contribution in [2.75, 3.05) is 30.8 Å². The molecule has 0 radical (unpaired) electrons. The summed E-state index contributed by atoms with van der Waals surface area (Å²) in [6.45, 7) is 12.0. The third kappa shape index (κ3) is 4.59. The van der Waals surface area contributed by atoms with Gasteiger partial charge in [-0.25, -0.2) is 4.98 Å². The fraction of sp³-hybridized carbons (Fsp3) is 0.733. The van der Waals surface area contributed by atoms with Gasteiger partial charge in [-0.05, 0) is 26.2 Å². The van der Waals surface area contributed by atoms with Crippen LogP contribution in [0.4, 0.5) is 10.9 Å². The molecule has 0 spiro atoms. The second-order valence-corrected chi connectivity index (χ2v) is 7.05. The highest BCUT2D eigenvalue weighted by atomic mass is 32.1. The predicted molar refractivity (Wildman–Crippen MR) is 91.1 cm³/mol. The summed E-state index contributed by atoms with van der Waals surface area (Å²) >= 11 is 1.39. The van der Waals surface area contributed by atoms with E-state index in [0.29, 0.717) is 16.6 Å². The molecule has 0 saturated carbocycles. The van der Waals surface area contributed by atoms with Crippen molar-refractivity contribution in [2.45, 2.75) is 47.1 Å². The third-order valence-corrected chi connectivity index (χ3v) is 4.34. The van der Waals surface area contributed by atoms with Gasteiger partial charge in [0.25, 0.3) is 5.91 Å². The smallest absolute Gasteiger partial charge is 0.268 e. The highest BCUT2D eigenvalue weighted by molar-refractivity contribution is 7.18. The second-order valence-electron chi connectivity index (χ2n) is 6.08. The summed E-state index contributed by atoms with van der Waals surface area (Å²) in [5.41, 5.74) is 5.97. The molecule has 0 fully saturated rings. The first-order valence-corrected chi connectivity index (χ1v) is 8.37. The number of hydrogen-bond acceptors (Lipinski definition) is 5. The molecule has 0 saturated heterocycles. The van der Waals surface area contributed by atoms with Crippen molar-refractivity contribution in [3.05, 3.63) is 4.88 Å². The van der Waals surface area contributed by atoms with Crippen molar-refractivity contribution in [3.63, 3.8) is 0 Å². The molecular formula is C15H28N4OS. The SMILES string of the molecule is CCCN(C)c1nc(N)c(C(=O)N(CC(C)C)C(C)C)s1. The molecule has 1 rings (SSSR count). The van der Waals surface area contributed by atoms with Gasteiger partial charge in [-0.1, -0.05) is 32.1 Å². The van der Waals surface area contributed by atoms with Gasteiger partial charge in [-0.3, -0.25) is 4.79 Å². The molecule has 0 unspecified atom stereocenters. The lowest BCUT2D eigenvalue weighted by atomic mass is 10.1. The molecule has 0 aliphatic heterocycles. The molecule has 1 heterocycles. The summed E-state index contributed by atoms with van der Waals surface area (Å²) < 4.78 is 0. The Balaban J connectivity index is 3.00. The van der Waals surface area contributed by atoms with Crippen LogP contribution in [0, 0.1) is 5.92 Å². The quantitative estimate of drug-likeness (QED) is 0.840. The molecule has 21 heavy (non-hydrogen) atoms. The molecule has 1 aromatic heterocycles. The maximum Gasteiger partial charge on any atom is 0.268 e. The van der Waals surface area contributed by atoms with Crippen LogP contribution in [0.15, 0.2) is 0 Å². The first-order chi connectivity index (χ1) is 9.77. The average Bonchev–Trinajstić information content (AvgIpc) is 2.77. The van der Waals surface area contributed by atoms with Gasteiger partial charge in [0.2, 0.25) is 0 Å². The van der Waals surface area contributed by atoms with E-state index in [2.05, 4.69) is 25.8 Å². The van der Waals surface area contributed by atoms with E-state index in [1.54, 1.807) is 0 Å². The molecule has 120 valence electrons. The van der Waals surface area contributed by atoms with Gasteiger partial charge in [0.05, 0.1) is 0 Å². The number of amides is 1. The second kappa shape index (κ2) is 7.64. The molecule has 5 nitrogen and oxygen atoms in total. The lowest BCUT2D eigenvalue weighted by Gasteiger charge is -2.28. The minimum Gasteiger partial charge on any atom is -0.382 e. The molecule has 2 N–H and O–H groups in total. The van der Waals surface area contributed by atoms with E-state index in [4.69, 9.17) is 5.73 Å². The number of rotatable bonds is 7. The van der Waals surface area contributed by atoms with Gasteiger partial charge in [0.15, 0.2) is 5.13 Å².